The summed E-state index contributed by atoms with van der Waals surface area (Å²) in [6, 6.07) is 8.54. The van der Waals surface area contributed by atoms with Crippen molar-refractivity contribution in [3.63, 3.8) is 0 Å². The number of ether oxygens (including phenoxy) is 1. The molecule has 1 atom stereocenters. The largest absolute Gasteiger partial charge is 0.492 e. The highest BCUT2D eigenvalue weighted by Crippen LogP contribution is 2.22. The standard InChI is InChI=1S/C15H24N2O/c1-12(2)9-14(16)11-17-7-8-18-15-6-4-3-5-13(15)10-17/h3-6,12,14H,7-11,16H2,1-2H3. The lowest BCUT2D eigenvalue weighted by molar-refractivity contribution is 0.209. The molecule has 1 aromatic rings. The van der Waals surface area contributed by atoms with E-state index in [1.165, 1.54) is 5.56 Å². The van der Waals surface area contributed by atoms with E-state index in [1.807, 2.05) is 12.1 Å². The molecule has 0 radical (unpaired) electrons. The minimum atomic E-state index is 0.260. The van der Waals surface area contributed by atoms with Gasteiger partial charge in [-0.05, 0) is 18.4 Å². The Morgan fingerprint density at radius 3 is 2.89 bits per heavy atom. The minimum Gasteiger partial charge on any atom is -0.492 e. The van der Waals surface area contributed by atoms with Gasteiger partial charge in [0.05, 0.1) is 0 Å². The average molecular weight is 248 g/mol. The van der Waals surface area contributed by atoms with Crippen molar-refractivity contribution in [2.24, 2.45) is 11.7 Å². The van der Waals surface area contributed by atoms with Crippen LogP contribution in [-0.4, -0.2) is 30.6 Å². The zero-order valence-corrected chi connectivity index (χ0v) is 11.4. The summed E-state index contributed by atoms with van der Waals surface area (Å²) in [4.78, 5) is 2.40. The van der Waals surface area contributed by atoms with Gasteiger partial charge in [0, 0.05) is 31.2 Å². The molecule has 3 heteroatoms. The summed E-state index contributed by atoms with van der Waals surface area (Å²) in [6.07, 6.45) is 1.08. The third-order valence-electron chi connectivity index (χ3n) is 3.30. The van der Waals surface area contributed by atoms with E-state index in [-0.39, 0.29) is 6.04 Å². The van der Waals surface area contributed by atoms with Crippen LogP contribution in [0.5, 0.6) is 5.75 Å². The maximum absolute atomic E-state index is 6.19. The molecule has 1 aliphatic heterocycles. The summed E-state index contributed by atoms with van der Waals surface area (Å²) in [7, 11) is 0. The molecule has 1 unspecified atom stereocenters. The fourth-order valence-corrected chi connectivity index (χ4v) is 2.55. The molecular weight excluding hydrogens is 224 g/mol. The predicted octanol–water partition coefficient (Wildman–Crippen LogP) is 2.25. The molecule has 18 heavy (non-hydrogen) atoms. The van der Waals surface area contributed by atoms with Crippen LogP contribution in [0, 0.1) is 5.92 Å². The highest BCUT2D eigenvalue weighted by molar-refractivity contribution is 5.33. The number of hydrogen-bond donors (Lipinski definition) is 1. The van der Waals surface area contributed by atoms with E-state index < -0.39 is 0 Å². The Bertz CT molecular complexity index is 379. The Hall–Kier alpha value is -1.06. The fraction of sp³-hybridized carbons (Fsp3) is 0.600. The second-order valence-corrected chi connectivity index (χ2v) is 5.58. The smallest absolute Gasteiger partial charge is 0.123 e. The molecule has 0 amide bonds. The first-order chi connectivity index (χ1) is 8.65. The molecule has 0 aromatic heterocycles. The summed E-state index contributed by atoms with van der Waals surface area (Å²) in [5.41, 5.74) is 7.46. The first-order valence-electron chi connectivity index (χ1n) is 6.84. The molecule has 0 saturated heterocycles. The molecule has 100 valence electrons. The molecule has 1 heterocycles. The zero-order valence-electron chi connectivity index (χ0n) is 11.4. The number of benzene rings is 1. The summed E-state index contributed by atoms with van der Waals surface area (Å²) in [5, 5.41) is 0. The lowest BCUT2D eigenvalue weighted by Crippen LogP contribution is -2.39. The number of fused-ring (bicyclic) bond motifs is 1. The van der Waals surface area contributed by atoms with E-state index in [1.54, 1.807) is 0 Å². The Labute approximate surface area is 110 Å². The van der Waals surface area contributed by atoms with Crippen LogP contribution in [0.2, 0.25) is 0 Å². The lowest BCUT2D eigenvalue weighted by Gasteiger charge is -2.24. The molecule has 3 nitrogen and oxygen atoms in total. The van der Waals surface area contributed by atoms with Gasteiger partial charge in [-0.25, -0.2) is 0 Å². The van der Waals surface area contributed by atoms with E-state index >= 15 is 0 Å². The number of nitrogens with two attached hydrogens (primary N) is 1. The van der Waals surface area contributed by atoms with E-state index in [0.29, 0.717) is 5.92 Å². The van der Waals surface area contributed by atoms with Crippen LogP contribution in [0.3, 0.4) is 0 Å². The van der Waals surface area contributed by atoms with Crippen molar-refractivity contribution >= 4 is 0 Å². The van der Waals surface area contributed by atoms with Gasteiger partial charge in [0.25, 0.3) is 0 Å². The van der Waals surface area contributed by atoms with Gasteiger partial charge in [0.1, 0.15) is 12.4 Å². The molecule has 1 aliphatic rings. The summed E-state index contributed by atoms with van der Waals surface area (Å²) >= 11 is 0. The fourth-order valence-electron chi connectivity index (χ4n) is 2.55. The Morgan fingerprint density at radius 2 is 2.11 bits per heavy atom. The predicted molar refractivity (Wildman–Crippen MR) is 74.6 cm³/mol. The van der Waals surface area contributed by atoms with Crippen LogP contribution in [0.25, 0.3) is 0 Å². The molecule has 0 saturated carbocycles. The second kappa shape index (κ2) is 6.21. The summed E-state index contributed by atoms with van der Waals surface area (Å²) < 4.78 is 5.76. The maximum Gasteiger partial charge on any atom is 0.123 e. The van der Waals surface area contributed by atoms with Gasteiger partial charge < -0.3 is 10.5 Å². The molecule has 0 bridgehead atoms. The van der Waals surface area contributed by atoms with Crippen molar-refractivity contribution in [1.82, 2.24) is 4.90 Å². The molecule has 0 aliphatic carbocycles. The van der Waals surface area contributed by atoms with Gasteiger partial charge in [-0.3, -0.25) is 4.90 Å². The first kappa shape index (κ1) is 13.4. The lowest BCUT2D eigenvalue weighted by atomic mass is 10.0. The molecule has 0 fully saturated rings. The molecule has 2 rings (SSSR count). The highest BCUT2D eigenvalue weighted by Gasteiger charge is 2.17. The van der Waals surface area contributed by atoms with Crippen LogP contribution in [0.15, 0.2) is 24.3 Å². The van der Waals surface area contributed by atoms with Gasteiger partial charge in [0.2, 0.25) is 0 Å². The highest BCUT2D eigenvalue weighted by atomic mass is 16.5. The summed E-state index contributed by atoms with van der Waals surface area (Å²) in [5.74, 6) is 1.69. The van der Waals surface area contributed by atoms with E-state index in [4.69, 9.17) is 10.5 Å². The third kappa shape index (κ3) is 3.72. The van der Waals surface area contributed by atoms with Crippen LogP contribution >= 0.6 is 0 Å². The molecule has 0 spiro atoms. The quantitative estimate of drug-likeness (QED) is 0.888. The van der Waals surface area contributed by atoms with Gasteiger partial charge in [-0.1, -0.05) is 32.0 Å². The van der Waals surface area contributed by atoms with Gasteiger partial charge in [0.15, 0.2) is 0 Å². The topological polar surface area (TPSA) is 38.5 Å². The van der Waals surface area contributed by atoms with Crippen molar-refractivity contribution in [1.29, 1.82) is 0 Å². The second-order valence-electron chi connectivity index (χ2n) is 5.58. The molecule has 1 aromatic carbocycles. The molecule has 2 N–H and O–H groups in total. The van der Waals surface area contributed by atoms with Crippen molar-refractivity contribution in [2.45, 2.75) is 32.9 Å². The van der Waals surface area contributed by atoms with Crippen molar-refractivity contribution < 1.29 is 4.74 Å². The number of hydrogen-bond acceptors (Lipinski definition) is 3. The summed E-state index contributed by atoms with van der Waals surface area (Å²) in [6.45, 7) is 8.06. The van der Waals surface area contributed by atoms with Gasteiger partial charge in [-0.2, -0.15) is 0 Å². The van der Waals surface area contributed by atoms with Crippen molar-refractivity contribution in [2.75, 3.05) is 19.7 Å². The van der Waals surface area contributed by atoms with Gasteiger partial charge >= 0.3 is 0 Å². The van der Waals surface area contributed by atoms with Crippen LogP contribution < -0.4 is 10.5 Å². The number of nitrogens with zero attached hydrogens (tertiary/aromatic N) is 1. The Morgan fingerprint density at radius 1 is 1.33 bits per heavy atom. The first-order valence-corrected chi connectivity index (χ1v) is 6.84. The number of rotatable bonds is 4. The minimum absolute atomic E-state index is 0.260. The van der Waals surface area contributed by atoms with E-state index in [2.05, 4.69) is 30.9 Å². The van der Waals surface area contributed by atoms with E-state index in [9.17, 15) is 0 Å². The Kier molecular flexibility index (Phi) is 4.61. The van der Waals surface area contributed by atoms with E-state index in [0.717, 1.165) is 38.4 Å². The normalized spacial score (nSPS) is 18.0. The molecular formula is C15H24N2O. The van der Waals surface area contributed by atoms with Crippen LogP contribution in [0.1, 0.15) is 25.8 Å². The average Bonchev–Trinajstić information content (AvgIpc) is 2.49. The Balaban J connectivity index is 1.95. The van der Waals surface area contributed by atoms with Gasteiger partial charge in [-0.15, -0.1) is 0 Å². The maximum atomic E-state index is 6.19. The zero-order chi connectivity index (χ0) is 13.0. The van der Waals surface area contributed by atoms with Crippen LogP contribution in [-0.2, 0) is 6.54 Å². The monoisotopic (exact) mass is 248 g/mol. The van der Waals surface area contributed by atoms with Crippen LogP contribution in [0.4, 0.5) is 0 Å². The van der Waals surface area contributed by atoms with Crippen molar-refractivity contribution in [3.8, 4) is 5.75 Å². The van der Waals surface area contributed by atoms with Crippen molar-refractivity contribution in [3.05, 3.63) is 29.8 Å². The SMILES string of the molecule is CC(C)CC(N)CN1CCOc2ccccc2C1. The number of para-hydroxylation sites is 1. The third-order valence-corrected chi connectivity index (χ3v) is 3.30.